The Morgan fingerprint density at radius 3 is 2.25 bits per heavy atom. The number of nitrogens with one attached hydrogen (secondary N) is 1. The molecule has 2 aromatic rings. The van der Waals surface area contributed by atoms with Crippen molar-refractivity contribution < 1.29 is 17.9 Å². The number of amides is 1. The van der Waals surface area contributed by atoms with E-state index in [0.717, 1.165) is 0 Å². The Hall–Kier alpha value is -2.54. The van der Waals surface area contributed by atoms with E-state index in [2.05, 4.69) is 5.32 Å². The Kier molecular flexibility index (Phi) is 5.81. The highest BCUT2D eigenvalue weighted by molar-refractivity contribution is 7.92. The van der Waals surface area contributed by atoms with Crippen LogP contribution in [0.1, 0.15) is 6.92 Å². The average molecular weight is 348 g/mol. The highest BCUT2D eigenvalue weighted by atomic mass is 32.2. The third-order valence-electron chi connectivity index (χ3n) is 3.39. The van der Waals surface area contributed by atoms with E-state index >= 15 is 0 Å². The molecule has 0 saturated carbocycles. The maximum Gasteiger partial charge on any atom is 0.264 e. The van der Waals surface area contributed by atoms with Crippen molar-refractivity contribution in [2.45, 2.75) is 11.8 Å². The zero-order chi connectivity index (χ0) is 17.6. The first-order valence-corrected chi connectivity index (χ1v) is 8.94. The summed E-state index contributed by atoms with van der Waals surface area (Å²) >= 11 is 0. The van der Waals surface area contributed by atoms with E-state index < -0.39 is 10.0 Å². The summed E-state index contributed by atoms with van der Waals surface area (Å²) in [5.74, 6) is 0.261. The van der Waals surface area contributed by atoms with Crippen LogP contribution in [-0.4, -0.2) is 34.5 Å². The van der Waals surface area contributed by atoms with Crippen molar-refractivity contribution in [3.05, 3.63) is 54.6 Å². The van der Waals surface area contributed by atoms with Crippen molar-refractivity contribution in [1.82, 2.24) is 5.32 Å². The molecule has 0 aliphatic heterocycles. The summed E-state index contributed by atoms with van der Waals surface area (Å²) < 4.78 is 32.1. The van der Waals surface area contributed by atoms with Crippen LogP contribution in [0.15, 0.2) is 59.5 Å². The molecule has 0 fully saturated rings. The van der Waals surface area contributed by atoms with Gasteiger partial charge in [0.25, 0.3) is 15.9 Å². The van der Waals surface area contributed by atoms with Crippen molar-refractivity contribution in [3.8, 4) is 5.75 Å². The van der Waals surface area contributed by atoms with Gasteiger partial charge in [-0.05, 0) is 43.3 Å². The minimum atomic E-state index is -3.62. The summed E-state index contributed by atoms with van der Waals surface area (Å²) in [4.78, 5) is 11.4. The van der Waals surface area contributed by atoms with Gasteiger partial charge in [0.05, 0.1) is 10.6 Å². The monoisotopic (exact) mass is 348 g/mol. The second kappa shape index (κ2) is 7.83. The van der Waals surface area contributed by atoms with Crippen molar-refractivity contribution in [2.24, 2.45) is 0 Å². The summed E-state index contributed by atoms with van der Waals surface area (Å²) in [5.41, 5.74) is 0.536. The fourth-order valence-corrected chi connectivity index (χ4v) is 3.64. The number of anilines is 1. The van der Waals surface area contributed by atoms with Crippen LogP contribution >= 0.6 is 0 Å². The summed E-state index contributed by atoms with van der Waals surface area (Å²) in [7, 11) is -2.09. The van der Waals surface area contributed by atoms with Crippen LogP contribution in [0.25, 0.3) is 0 Å². The second-order valence-corrected chi connectivity index (χ2v) is 6.80. The molecule has 128 valence electrons. The molecular weight excluding hydrogens is 328 g/mol. The standard InChI is InChI=1S/C17H20N2O4S/c1-3-19(24(21,22)16-7-5-4-6-8-16)14-9-11-15(12-10-14)23-13-17(20)18-2/h4-12H,3,13H2,1-2H3,(H,18,20). The Labute approximate surface area is 142 Å². The number of carbonyl (C=O) groups is 1. The SMILES string of the molecule is CCN(c1ccc(OCC(=O)NC)cc1)S(=O)(=O)c1ccccc1. The quantitative estimate of drug-likeness (QED) is 0.831. The van der Waals surface area contributed by atoms with Crippen molar-refractivity contribution in [2.75, 3.05) is 24.5 Å². The molecule has 1 N–H and O–H groups in total. The predicted octanol–water partition coefficient (Wildman–Crippen LogP) is 2.03. The van der Waals surface area contributed by atoms with Crippen LogP contribution in [0.3, 0.4) is 0 Å². The average Bonchev–Trinajstić information content (AvgIpc) is 2.62. The summed E-state index contributed by atoms with van der Waals surface area (Å²) in [6.07, 6.45) is 0. The topological polar surface area (TPSA) is 75.7 Å². The number of nitrogens with zero attached hydrogens (tertiary/aromatic N) is 1. The van der Waals surface area contributed by atoms with E-state index in [9.17, 15) is 13.2 Å². The van der Waals surface area contributed by atoms with E-state index in [1.807, 2.05) is 0 Å². The molecule has 0 aromatic heterocycles. The molecule has 0 aliphatic rings. The molecule has 7 heteroatoms. The number of ether oxygens (including phenoxy) is 1. The summed E-state index contributed by atoms with van der Waals surface area (Å²) in [6, 6.07) is 14.9. The maximum atomic E-state index is 12.7. The molecule has 24 heavy (non-hydrogen) atoms. The van der Waals surface area contributed by atoms with Gasteiger partial charge in [0.2, 0.25) is 0 Å². The number of hydrogen-bond donors (Lipinski definition) is 1. The van der Waals surface area contributed by atoms with Gasteiger partial charge in [-0.15, -0.1) is 0 Å². The highest BCUT2D eigenvalue weighted by Crippen LogP contribution is 2.25. The summed E-state index contributed by atoms with van der Waals surface area (Å²) in [5, 5.41) is 2.46. The number of benzene rings is 2. The first-order valence-electron chi connectivity index (χ1n) is 7.50. The lowest BCUT2D eigenvalue weighted by molar-refractivity contribution is -0.122. The summed E-state index contributed by atoms with van der Waals surface area (Å²) in [6.45, 7) is 1.99. The lowest BCUT2D eigenvalue weighted by atomic mass is 10.3. The molecule has 0 saturated heterocycles. The number of rotatable bonds is 7. The molecule has 0 bridgehead atoms. The van der Waals surface area contributed by atoms with Crippen LogP contribution in [0.2, 0.25) is 0 Å². The van der Waals surface area contributed by atoms with Gasteiger partial charge in [0.15, 0.2) is 6.61 Å². The van der Waals surface area contributed by atoms with Gasteiger partial charge in [0.1, 0.15) is 5.75 Å². The largest absolute Gasteiger partial charge is 0.484 e. The van der Waals surface area contributed by atoms with Crippen LogP contribution in [0.5, 0.6) is 5.75 Å². The molecule has 2 aromatic carbocycles. The highest BCUT2D eigenvalue weighted by Gasteiger charge is 2.23. The maximum absolute atomic E-state index is 12.7. The molecule has 0 unspecified atom stereocenters. The van der Waals surface area contributed by atoms with E-state index in [1.165, 1.54) is 11.4 Å². The molecule has 0 radical (unpaired) electrons. The molecule has 1 amide bonds. The van der Waals surface area contributed by atoms with Crippen LogP contribution in [0, 0.1) is 0 Å². The Morgan fingerprint density at radius 2 is 1.71 bits per heavy atom. The lowest BCUT2D eigenvalue weighted by Crippen LogP contribution is -2.30. The minimum absolute atomic E-state index is 0.0876. The van der Waals surface area contributed by atoms with E-state index in [1.54, 1.807) is 61.5 Å². The van der Waals surface area contributed by atoms with Gasteiger partial charge in [0, 0.05) is 13.6 Å². The first-order chi connectivity index (χ1) is 11.5. The fraction of sp³-hybridized carbons (Fsp3) is 0.235. The Morgan fingerprint density at radius 1 is 1.08 bits per heavy atom. The zero-order valence-corrected chi connectivity index (χ0v) is 14.4. The Bertz CT molecular complexity index is 774. The van der Waals surface area contributed by atoms with Gasteiger partial charge in [-0.2, -0.15) is 0 Å². The van der Waals surface area contributed by atoms with Crippen LogP contribution in [0.4, 0.5) is 5.69 Å². The van der Waals surface area contributed by atoms with Gasteiger partial charge in [-0.1, -0.05) is 18.2 Å². The number of likely N-dealkylation sites (N-methyl/N-ethyl adjacent to an activating group) is 1. The molecular formula is C17H20N2O4S. The van der Waals surface area contributed by atoms with E-state index in [-0.39, 0.29) is 17.4 Å². The fourth-order valence-electron chi connectivity index (χ4n) is 2.14. The Balaban J connectivity index is 2.21. The molecule has 6 nitrogen and oxygen atoms in total. The molecule has 0 aliphatic carbocycles. The van der Waals surface area contributed by atoms with Crippen molar-refractivity contribution in [3.63, 3.8) is 0 Å². The van der Waals surface area contributed by atoms with Gasteiger partial charge < -0.3 is 10.1 Å². The first kappa shape index (κ1) is 17.8. The van der Waals surface area contributed by atoms with E-state index in [4.69, 9.17) is 4.74 Å². The molecule has 0 spiro atoms. The van der Waals surface area contributed by atoms with Gasteiger partial charge >= 0.3 is 0 Å². The smallest absolute Gasteiger partial charge is 0.264 e. The molecule has 0 atom stereocenters. The lowest BCUT2D eigenvalue weighted by Gasteiger charge is -2.23. The van der Waals surface area contributed by atoms with E-state index in [0.29, 0.717) is 18.0 Å². The third kappa shape index (κ3) is 4.05. The number of carbonyl (C=O) groups excluding carboxylic acids is 1. The molecule has 2 rings (SSSR count). The second-order valence-electron chi connectivity index (χ2n) is 4.94. The van der Waals surface area contributed by atoms with Crippen molar-refractivity contribution >= 4 is 21.6 Å². The molecule has 0 heterocycles. The van der Waals surface area contributed by atoms with Gasteiger partial charge in [-0.3, -0.25) is 9.10 Å². The number of hydrogen-bond acceptors (Lipinski definition) is 4. The van der Waals surface area contributed by atoms with Crippen LogP contribution < -0.4 is 14.4 Å². The zero-order valence-electron chi connectivity index (χ0n) is 13.6. The minimum Gasteiger partial charge on any atom is -0.484 e. The van der Waals surface area contributed by atoms with Crippen LogP contribution in [-0.2, 0) is 14.8 Å². The van der Waals surface area contributed by atoms with Crippen molar-refractivity contribution in [1.29, 1.82) is 0 Å². The van der Waals surface area contributed by atoms with Gasteiger partial charge in [-0.25, -0.2) is 8.42 Å². The normalized spacial score (nSPS) is 10.9. The third-order valence-corrected chi connectivity index (χ3v) is 5.31. The number of sulfonamides is 1. The predicted molar refractivity (Wildman–Crippen MR) is 92.7 cm³/mol.